The first-order valence-corrected chi connectivity index (χ1v) is 14.3. The van der Waals surface area contributed by atoms with Crippen LogP contribution in [0.2, 0.25) is 0 Å². The summed E-state index contributed by atoms with van der Waals surface area (Å²) in [4.78, 5) is 45.2. The molecule has 1 heterocycles. The lowest BCUT2D eigenvalue weighted by Gasteiger charge is -2.36. The summed E-state index contributed by atoms with van der Waals surface area (Å²) in [5.41, 5.74) is 3.47. The van der Waals surface area contributed by atoms with Gasteiger partial charge in [0.05, 0.1) is 18.6 Å². The van der Waals surface area contributed by atoms with Crippen LogP contribution in [0.3, 0.4) is 0 Å². The van der Waals surface area contributed by atoms with E-state index in [1.54, 1.807) is 13.8 Å². The summed E-state index contributed by atoms with van der Waals surface area (Å²) in [6.45, 7) is 14.1. The van der Waals surface area contributed by atoms with Crippen LogP contribution in [0.1, 0.15) is 81.2 Å². The normalized spacial score (nSPS) is 16.2. The number of carbonyl (C=O) groups is 3. The van der Waals surface area contributed by atoms with Gasteiger partial charge in [-0.3, -0.25) is 14.6 Å². The van der Waals surface area contributed by atoms with Crippen LogP contribution in [0.25, 0.3) is 0 Å². The van der Waals surface area contributed by atoms with Crippen molar-refractivity contribution in [3.05, 3.63) is 64.7 Å². The van der Waals surface area contributed by atoms with E-state index in [1.807, 2.05) is 24.3 Å². The molecule has 0 spiro atoms. The van der Waals surface area contributed by atoms with Gasteiger partial charge in [-0.15, -0.1) is 0 Å². The maximum atomic E-state index is 13.7. The molecule has 1 amide bonds. The molecule has 1 fully saturated rings. The molecule has 2 aromatic rings. The Labute approximate surface area is 239 Å². The number of piperidine rings is 1. The monoisotopic (exact) mass is 548 g/mol. The Morgan fingerprint density at radius 3 is 2.58 bits per heavy atom. The van der Waals surface area contributed by atoms with Crippen LogP contribution in [-0.2, 0) is 25.5 Å². The zero-order valence-corrected chi connectivity index (χ0v) is 24.7. The fourth-order valence-corrected chi connectivity index (χ4v) is 4.98. The summed E-state index contributed by atoms with van der Waals surface area (Å²) in [6, 6.07) is 13.2. The number of benzene rings is 2. The highest BCUT2D eigenvalue weighted by Gasteiger charge is 2.41. The minimum Gasteiger partial charge on any atom is -0.494 e. The first kappa shape index (κ1) is 31.1. The lowest BCUT2D eigenvalue weighted by atomic mass is 9.86. The lowest BCUT2D eigenvalue weighted by Crippen LogP contribution is -2.53. The SMILES string of the molecule is C=NCC(C)(C)C(=O)C(=O)N1CCCCC1C(=O)OC(CCc1ccc(C)c(C)c1)c1cccc(OCCC)c1. The standard InChI is InChI=1S/C33H44N2O5/c1-7-19-39-27-12-10-11-26(21-27)29(17-16-25-15-14-23(2)24(3)20-25)40-32(38)28-13-8-9-18-35(28)31(37)30(36)33(4,5)22-34-6/h10-12,14-15,20-21,28-29H,6-9,13,16-19,22H2,1-5H3. The number of carbonyl (C=O) groups excluding carboxylic acids is 3. The molecule has 2 atom stereocenters. The van der Waals surface area contributed by atoms with Crippen molar-refractivity contribution in [2.75, 3.05) is 19.7 Å². The first-order chi connectivity index (χ1) is 19.1. The second kappa shape index (κ2) is 14.2. The molecule has 0 radical (unpaired) electrons. The van der Waals surface area contributed by atoms with Crippen molar-refractivity contribution < 1.29 is 23.9 Å². The van der Waals surface area contributed by atoms with E-state index < -0.39 is 35.2 Å². The summed E-state index contributed by atoms with van der Waals surface area (Å²) in [6.07, 6.45) is 3.62. The summed E-state index contributed by atoms with van der Waals surface area (Å²) in [7, 11) is 0. The van der Waals surface area contributed by atoms with Gasteiger partial charge in [0.2, 0.25) is 5.78 Å². The van der Waals surface area contributed by atoms with E-state index in [0.717, 1.165) is 30.6 Å². The Balaban J connectivity index is 1.84. The second-order valence-corrected chi connectivity index (χ2v) is 11.4. The summed E-state index contributed by atoms with van der Waals surface area (Å²) in [5.74, 6) is -0.973. The summed E-state index contributed by atoms with van der Waals surface area (Å²) < 4.78 is 12.0. The van der Waals surface area contributed by atoms with Gasteiger partial charge in [0.1, 0.15) is 17.9 Å². The molecule has 1 saturated heterocycles. The molecular formula is C33H44N2O5. The minimum atomic E-state index is -0.988. The molecule has 216 valence electrons. The molecule has 0 N–H and O–H groups in total. The van der Waals surface area contributed by atoms with Crippen LogP contribution in [0.5, 0.6) is 5.75 Å². The minimum absolute atomic E-state index is 0.136. The molecule has 0 saturated carbocycles. The molecule has 7 nitrogen and oxygen atoms in total. The number of amides is 1. The maximum absolute atomic E-state index is 13.7. The van der Waals surface area contributed by atoms with Crippen LogP contribution in [0, 0.1) is 19.3 Å². The number of likely N-dealkylation sites (tertiary alicyclic amines) is 1. The van der Waals surface area contributed by atoms with Crippen molar-refractivity contribution in [2.24, 2.45) is 10.4 Å². The number of esters is 1. The van der Waals surface area contributed by atoms with E-state index in [9.17, 15) is 14.4 Å². The van der Waals surface area contributed by atoms with Gasteiger partial charge in [0, 0.05) is 6.54 Å². The third-order valence-electron chi connectivity index (χ3n) is 7.58. The van der Waals surface area contributed by atoms with Crippen LogP contribution in [0.15, 0.2) is 47.5 Å². The Bertz CT molecular complexity index is 1210. The van der Waals surface area contributed by atoms with E-state index in [2.05, 4.69) is 50.7 Å². The van der Waals surface area contributed by atoms with Gasteiger partial charge in [-0.1, -0.05) is 51.1 Å². The molecule has 40 heavy (non-hydrogen) atoms. The number of ketones is 1. The van der Waals surface area contributed by atoms with E-state index in [0.29, 0.717) is 32.4 Å². The van der Waals surface area contributed by atoms with E-state index in [1.165, 1.54) is 21.6 Å². The summed E-state index contributed by atoms with van der Waals surface area (Å²) >= 11 is 0. The number of hydrogen-bond acceptors (Lipinski definition) is 6. The van der Waals surface area contributed by atoms with Gasteiger partial charge in [0.15, 0.2) is 0 Å². The Morgan fingerprint density at radius 1 is 1.10 bits per heavy atom. The molecule has 0 bridgehead atoms. The highest BCUT2D eigenvalue weighted by molar-refractivity contribution is 6.38. The lowest BCUT2D eigenvalue weighted by molar-refractivity contribution is -0.164. The van der Waals surface area contributed by atoms with Gasteiger partial charge in [-0.05, 0) is 93.5 Å². The predicted molar refractivity (Wildman–Crippen MR) is 158 cm³/mol. The molecule has 0 aliphatic carbocycles. The highest BCUT2D eigenvalue weighted by atomic mass is 16.5. The topological polar surface area (TPSA) is 85.3 Å². The van der Waals surface area contributed by atoms with Crippen molar-refractivity contribution in [2.45, 2.75) is 85.3 Å². The smallest absolute Gasteiger partial charge is 0.329 e. The van der Waals surface area contributed by atoms with Gasteiger partial charge >= 0.3 is 5.97 Å². The van der Waals surface area contributed by atoms with Crippen molar-refractivity contribution in [3.8, 4) is 5.75 Å². The van der Waals surface area contributed by atoms with E-state index in [4.69, 9.17) is 9.47 Å². The van der Waals surface area contributed by atoms with Gasteiger partial charge in [-0.25, -0.2) is 4.79 Å². The quantitative estimate of drug-likeness (QED) is 0.174. The van der Waals surface area contributed by atoms with E-state index in [-0.39, 0.29) is 6.54 Å². The van der Waals surface area contributed by atoms with E-state index >= 15 is 0 Å². The average molecular weight is 549 g/mol. The van der Waals surface area contributed by atoms with Crippen LogP contribution in [0.4, 0.5) is 0 Å². The number of Topliss-reactive ketones (excluding diaryl/α,β-unsaturated/α-hetero) is 1. The number of aryl methyl sites for hydroxylation is 3. The van der Waals surface area contributed by atoms with Gasteiger partial charge < -0.3 is 14.4 Å². The molecule has 0 aromatic heterocycles. The fraction of sp³-hybridized carbons (Fsp3) is 0.515. The number of aliphatic imine (C=N–C) groups is 1. The molecule has 3 rings (SSSR count). The Morgan fingerprint density at radius 2 is 1.88 bits per heavy atom. The molecule has 7 heteroatoms. The Hall–Kier alpha value is -3.48. The van der Waals surface area contributed by atoms with Crippen molar-refractivity contribution in [1.82, 2.24) is 4.90 Å². The number of nitrogens with zero attached hydrogens (tertiary/aromatic N) is 2. The largest absolute Gasteiger partial charge is 0.494 e. The molecule has 1 aliphatic rings. The van der Waals surface area contributed by atoms with Crippen molar-refractivity contribution in [1.29, 1.82) is 0 Å². The molecule has 2 unspecified atom stereocenters. The number of hydrogen-bond donors (Lipinski definition) is 0. The maximum Gasteiger partial charge on any atom is 0.329 e. The zero-order chi connectivity index (χ0) is 29.3. The van der Waals surface area contributed by atoms with Crippen LogP contribution < -0.4 is 4.74 Å². The van der Waals surface area contributed by atoms with Crippen LogP contribution in [-0.4, -0.2) is 55.0 Å². The molecule has 1 aliphatic heterocycles. The Kier molecular flexibility index (Phi) is 11.1. The predicted octanol–water partition coefficient (Wildman–Crippen LogP) is 5.99. The first-order valence-electron chi connectivity index (χ1n) is 14.3. The summed E-state index contributed by atoms with van der Waals surface area (Å²) in [5, 5.41) is 0. The van der Waals surface area contributed by atoms with Crippen LogP contribution >= 0.6 is 0 Å². The van der Waals surface area contributed by atoms with Crippen molar-refractivity contribution in [3.63, 3.8) is 0 Å². The molecule has 2 aromatic carbocycles. The second-order valence-electron chi connectivity index (χ2n) is 11.4. The van der Waals surface area contributed by atoms with Gasteiger partial charge in [-0.2, -0.15) is 0 Å². The number of rotatable bonds is 13. The van der Waals surface area contributed by atoms with Crippen molar-refractivity contribution >= 4 is 24.4 Å². The zero-order valence-electron chi connectivity index (χ0n) is 24.7. The molecular weight excluding hydrogens is 504 g/mol. The highest BCUT2D eigenvalue weighted by Crippen LogP contribution is 2.30. The fourth-order valence-electron chi connectivity index (χ4n) is 4.98. The third kappa shape index (κ3) is 8.03. The van der Waals surface area contributed by atoms with Gasteiger partial charge in [0.25, 0.3) is 5.91 Å². The average Bonchev–Trinajstić information content (AvgIpc) is 2.95. The third-order valence-corrected chi connectivity index (χ3v) is 7.58. The number of ether oxygens (including phenoxy) is 2.